The van der Waals surface area contributed by atoms with Crippen molar-refractivity contribution in [3.05, 3.63) is 0 Å². The molecule has 29 heavy (non-hydrogen) atoms. The number of ether oxygens (including phenoxy) is 2. The first-order chi connectivity index (χ1) is 13.1. The Bertz CT molecular complexity index is 692. The normalized spacial score (nSPS) is 36.9. The highest BCUT2D eigenvalue weighted by Gasteiger charge is 2.79. The van der Waals surface area contributed by atoms with Crippen LogP contribution in [0, 0.1) is 0 Å². The van der Waals surface area contributed by atoms with E-state index in [1.165, 1.54) is 0 Å². The molecule has 166 valence electrons. The van der Waals surface area contributed by atoms with Gasteiger partial charge in [0.25, 0.3) is 0 Å². The number of aliphatic hydroxyl groups excluding tert-OH is 3. The zero-order valence-corrected chi connectivity index (χ0v) is 16.4. The average molecular weight is 422 g/mol. The molecule has 1 saturated heterocycles. The van der Waals surface area contributed by atoms with Crippen molar-refractivity contribution in [3.8, 4) is 0 Å². The molecule has 12 nitrogen and oxygen atoms in total. The minimum Gasteiger partial charge on any atom is -0.394 e. The molecule has 0 aliphatic carbocycles. The van der Waals surface area contributed by atoms with Gasteiger partial charge in [-0.15, -0.1) is 0 Å². The Morgan fingerprint density at radius 1 is 0.931 bits per heavy atom. The summed E-state index contributed by atoms with van der Waals surface area (Å²) in [5, 5.41) is 61.7. The Morgan fingerprint density at radius 3 is 1.76 bits per heavy atom. The molecule has 12 heteroatoms. The average Bonchev–Trinajstić information content (AvgIpc) is 2.63. The molecule has 0 aromatic carbocycles. The highest BCUT2D eigenvalue weighted by atomic mass is 16.7. The fourth-order valence-corrected chi connectivity index (χ4v) is 3.34. The minimum absolute atomic E-state index is 0.657. The summed E-state index contributed by atoms with van der Waals surface area (Å²) in [5.41, 5.74) is -10.4. The van der Waals surface area contributed by atoms with E-state index >= 15 is 0 Å². The smallest absolute Gasteiger partial charge is 0.213 e. The number of rotatable bonds is 9. The van der Waals surface area contributed by atoms with E-state index in [1.807, 2.05) is 0 Å². The number of ketones is 4. The number of Topliss-reactive ketones (excluding diaryl/α,β-unsaturated/α-hetero) is 4. The Labute approximate surface area is 165 Å². The van der Waals surface area contributed by atoms with Crippen LogP contribution in [0.15, 0.2) is 0 Å². The lowest BCUT2D eigenvalue weighted by Crippen LogP contribution is -2.87. The maximum Gasteiger partial charge on any atom is 0.213 e. The first kappa shape index (κ1) is 25.4. The topological polar surface area (TPSA) is 208 Å². The first-order valence-electron chi connectivity index (χ1n) is 8.58. The lowest BCUT2D eigenvalue weighted by atomic mass is 9.60. The lowest BCUT2D eigenvalue weighted by Gasteiger charge is -2.58. The van der Waals surface area contributed by atoms with Gasteiger partial charge in [-0.1, -0.05) is 0 Å². The van der Waals surface area contributed by atoms with E-state index in [1.54, 1.807) is 0 Å². The molecule has 0 aromatic heterocycles. The Kier molecular flexibility index (Phi) is 7.54. The maximum atomic E-state index is 12.4. The molecule has 1 heterocycles. The van der Waals surface area contributed by atoms with Crippen LogP contribution in [0.2, 0.25) is 0 Å². The second kappa shape index (κ2) is 8.62. The molecular formula is C17H26O12. The highest BCUT2D eigenvalue weighted by Crippen LogP contribution is 2.47. The van der Waals surface area contributed by atoms with Gasteiger partial charge in [-0.05, 0) is 27.7 Å². The van der Waals surface area contributed by atoms with Gasteiger partial charge in [0.1, 0.15) is 18.3 Å². The molecule has 1 aliphatic rings. The van der Waals surface area contributed by atoms with Crippen molar-refractivity contribution in [1.82, 2.24) is 0 Å². The van der Waals surface area contributed by atoms with Crippen molar-refractivity contribution < 1.29 is 59.3 Å². The van der Waals surface area contributed by atoms with E-state index in [0.29, 0.717) is 20.8 Å². The summed E-state index contributed by atoms with van der Waals surface area (Å²) in [7, 11) is 0. The quantitative estimate of drug-likeness (QED) is 0.210. The number of hydrogen-bond donors (Lipinski definition) is 6. The standard InChI is InChI=1S/C17H26O12/c1-7(19)12(24)13-15(25,8(2)20)17(27,10(4)22)16(26,9(3)21)14(29-13)28-6-11(23)5-18/h11-14,18,23-27H,5-6H2,1-4H3/t11?,12?,13-,14+,15-,16-,17+/m1/s1. The van der Waals surface area contributed by atoms with Crippen LogP contribution in [-0.2, 0) is 28.7 Å². The molecule has 0 bridgehead atoms. The highest BCUT2D eigenvalue weighted by molar-refractivity contribution is 6.05. The fraction of sp³-hybridized carbons (Fsp3) is 0.765. The molecule has 0 aromatic rings. The van der Waals surface area contributed by atoms with Gasteiger partial charge < -0.3 is 40.1 Å². The zero-order valence-electron chi connectivity index (χ0n) is 16.4. The molecule has 0 saturated carbocycles. The fourth-order valence-electron chi connectivity index (χ4n) is 3.34. The van der Waals surface area contributed by atoms with E-state index in [9.17, 15) is 44.7 Å². The second-order valence-electron chi connectivity index (χ2n) is 7.03. The lowest BCUT2D eigenvalue weighted by molar-refractivity contribution is -0.374. The van der Waals surface area contributed by atoms with Crippen LogP contribution in [-0.4, -0.2) is 108 Å². The van der Waals surface area contributed by atoms with Crippen LogP contribution in [0.1, 0.15) is 27.7 Å². The molecule has 1 aliphatic heterocycles. The SMILES string of the molecule is CC(=O)C(O)[C@H]1O[C@H](OCC(O)CO)[C@](O)(C(C)=O)[C@](O)(C(C)=O)[C@@]1(O)C(C)=O. The van der Waals surface area contributed by atoms with Crippen molar-refractivity contribution in [1.29, 1.82) is 0 Å². The second-order valence-corrected chi connectivity index (χ2v) is 7.03. The number of carbonyl (C=O) groups is 4. The molecule has 0 amide bonds. The molecule has 0 spiro atoms. The Balaban J connectivity index is 3.80. The third-order valence-electron chi connectivity index (χ3n) is 5.06. The summed E-state index contributed by atoms with van der Waals surface area (Å²) in [6, 6.07) is 0. The summed E-state index contributed by atoms with van der Waals surface area (Å²) >= 11 is 0. The number of aliphatic hydroxyl groups is 6. The third kappa shape index (κ3) is 3.66. The summed E-state index contributed by atoms with van der Waals surface area (Å²) < 4.78 is 10.2. The van der Waals surface area contributed by atoms with E-state index < -0.39 is 77.8 Å². The van der Waals surface area contributed by atoms with Crippen molar-refractivity contribution in [2.45, 2.75) is 69.1 Å². The van der Waals surface area contributed by atoms with E-state index in [4.69, 9.17) is 14.6 Å². The molecule has 6 N–H and O–H groups in total. The minimum atomic E-state index is -3.61. The number of hydrogen-bond acceptors (Lipinski definition) is 12. The number of carbonyl (C=O) groups excluding carboxylic acids is 4. The van der Waals surface area contributed by atoms with Gasteiger partial charge in [0.15, 0.2) is 35.0 Å². The summed E-state index contributed by atoms with van der Waals surface area (Å²) in [6.07, 6.45) is -8.47. The molecule has 2 unspecified atom stereocenters. The van der Waals surface area contributed by atoms with Crippen LogP contribution >= 0.6 is 0 Å². The van der Waals surface area contributed by atoms with Crippen LogP contribution in [0.25, 0.3) is 0 Å². The Morgan fingerprint density at radius 2 is 1.41 bits per heavy atom. The van der Waals surface area contributed by atoms with Gasteiger partial charge in [0.05, 0.1) is 13.2 Å². The molecule has 0 radical (unpaired) electrons. The van der Waals surface area contributed by atoms with Crippen LogP contribution in [0.5, 0.6) is 0 Å². The first-order valence-corrected chi connectivity index (χ1v) is 8.58. The molecule has 1 fully saturated rings. The van der Waals surface area contributed by atoms with Gasteiger partial charge in [-0.3, -0.25) is 19.2 Å². The van der Waals surface area contributed by atoms with E-state index in [2.05, 4.69) is 0 Å². The predicted octanol–water partition coefficient (Wildman–Crippen LogP) is -4.01. The van der Waals surface area contributed by atoms with Crippen molar-refractivity contribution >= 4 is 23.1 Å². The van der Waals surface area contributed by atoms with Gasteiger partial charge in [0, 0.05) is 0 Å². The van der Waals surface area contributed by atoms with Crippen molar-refractivity contribution in [2.75, 3.05) is 13.2 Å². The zero-order chi connectivity index (χ0) is 22.9. The van der Waals surface area contributed by atoms with E-state index in [-0.39, 0.29) is 0 Å². The summed E-state index contributed by atoms with van der Waals surface area (Å²) in [4.78, 5) is 48.7. The van der Waals surface area contributed by atoms with Crippen LogP contribution in [0.3, 0.4) is 0 Å². The van der Waals surface area contributed by atoms with Gasteiger partial charge in [-0.2, -0.15) is 0 Å². The van der Waals surface area contributed by atoms with Crippen molar-refractivity contribution in [3.63, 3.8) is 0 Å². The molecule has 1 rings (SSSR count). The van der Waals surface area contributed by atoms with Crippen LogP contribution < -0.4 is 0 Å². The monoisotopic (exact) mass is 422 g/mol. The van der Waals surface area contributed by atoms with E-state index in [0.717, 1.165) is 6.92 Å². The molecular weight excluding hydrogens is 396 g/mol. The predicted molar refractivity (Wildman–Crippen MR) is 91.3 cm³/mol. The maximum absolute atomic E-state index is 12.4. The van der Waals surface area contributed by atoms with Crippen LogP contribution in [0.4, 0.5) is 0 Å². The van der Waals surface area contributed by atoms with Gasteiger partial charge >= 0.3 is 0 Å². The van der Waals surface area contributed by atoms with Gasteiger partial charge in [-0.25, -0.2) is 0 Å². The van der Waals surface area contributed by atoms with Gasteiger partial charge in [0.2, 0.25) is 11.2 Å². The summed E-state index contributed by atoms with van der Waals surface area (Å²) in [5.74, 6) is -5.26. The third-order valence-corrected chi connectivity index (χ3v) is 5.06. The largest absolute Gasteiger partial charge is 0.394 e. The summed E-state index contributed by atoms with van der Waals surface area (Å²) in [6.45, 7) is 1.32. The van der Waals surface area contributed by atoms with Crippen molar-refractivity contribution in [2.24, 2.45) is 0 Å². The Hall–Kier alpha value is -1.64. The molecule has 7 atom stereocenters.